The number of aliphatic imine (C=N–C) groups is 1. The van der Waals surface area contributed by atoms with Crippen molar-refractivity contribution in [3.63, 3.8) is 0 Å². The van der Waals surface area contributed by atoms with Gasteiger partial charge in [0.2, 0.25) is 0 Å². The average Bonchev–Trinajstić information content (AvgIpc) is 2.48. The third-order valence-electron chi connectivity index (χ3n) is 5.16. The summed E-state index contributed by atoms with van der Waals surface area (Å²) in [7, 11) is 0. The molecule has 0 aromatic carbocycles. The fraction of sp³-hybridized carbons (Fsp3) is 0.773. The van der Waals surface area contributed by atoms with E-state index in [9.17, 15) is 0 Å². The van der Waals surface area contributed by atoms with E-state index in [1.807, 2.05) is 0 Å². The second kappa shape index (κ2) is 10.8. The molecule has 0 radical (unpaired) electrons. The van der Waals surface area contributed by atoms with Gasteiger partial charge in [0.15, 0.2) is 0 Å². The topological polar surface area (TPSA) is 12.4 Å². The van der Waals surface area contributed by atoms with Crippen molar-refractivity contribution in [2.75, 3.05) is 0 Å². The highest BCUT2D eigenvalue weighted by atomic mass is 14.7. The molecule has 0 aliphatic heterocycles. The van der Waals surface area contributed by atoms with Crippen LogP contribution in [0.15, 0.2) is 28.4 Å². The highest BCUT2D eigenvalue weighted by Crippen LogP contribution is 2.31. The zero-order valence-electron chi connectivity index (χ0n) is 17.2. The van der Waals surface area contributed by atoms with Gasteiger partial charge in [0.25, 0.3) is 0 Å². The number of hydrogen-bond donors (Lipinski definition) is 0. The molecule has 0 N–H and O–H groups in total. The standard InChI is InChI=1S/C22H41N/c1-11-17(6)14-23-21(10)22(12-15(2)3)19(8)13-18(7)20(9)16(4)5/h14-18,20H,8,11-13H2,1-7,9-10H3/b22-21-,23-14-. The third-order valence-corrected chi connectivity index (χ3v) is 5.16. The van der Waals surface area contributed by atoms with Crippen molar-refractivity contribution in [1.82, 2.24) is 0 Å². The summed E-state index contributed by atoms with van der Waals surface area (Å²) in [4.78, 5) is 4.75. The quantitative estimate of drug-likeness (QED) is 0.296. The predicted molar refractivity (Wildman–Crippen MR) is 107 cm³/mol. The van der Waals surface area contributed by atoms with E-state index in [1.54, 1.807) is 0 Å². The first kappa shape index (κ1) is 22.1. The Bertz CT molecular complexity index is 412. The minimum Gasteiger partial charge on any atom is -0.265 e. The van der Waals surface area contributed by atoms with Gasteiger partial charge in [0, 0.05) is 11.9 Å². The maximum atomic E-state index is 4.75. The number of allylic oxidation sites excluding steroid dienone is 3. The van der Waals surface area contributed by atoms with Crippen molar-refractivity contribution in [2.45, 2.75) is 81.6 Å². The fourth-order valence-corrected chi connectivity index (χ4v) is 2.73. The van der Waals surface area contributed by atoms with Crippen molar-refractivity contribution in [3.05, 3.63) is 23.4 Å². The molecule has 0 saturated carbocycles. The van der Waals surface area contributed by atoms with Crippen molar-refractivity contribution < 1.29 is 0 Å². The van der Waals surface area contributed by atoms with Gasteiger partial charge in [-0.05, 0) is 66.9 Å². The molecule has 23 heavy (non-hydrogen) atoms. The van der Waals surface area contributed by atoms with Crippen LogP contribution in [-0.4, -0.2) is 6.21 Å². The molecular formula is C22H41N. The van der Waals surface area contributed by atoms with Gasteiger partial charge in [-0.25, -0.2) is 0 Å². The number of hydrogen-bond acceptors (Lipinski definition) is 1. The van der Waals surface area contributed by atoms with Crippen molar-refractivity contribution >= 4 is 6.21 Å². The number of rotatable bonds is 10. The molecule has 0 fully saturated rings. The van der Waals surface area contributed by atoms with Crippen LogP contribution < -0.4 is 0 Å². The molecule has 0 bridgehead atoms. The van der Waals surface area contributed by atoms with Crippen LogP contribution in [0, 0.1) is 29.6 Å². The van der Waals surface area contributed by atoms with Crippen molar-refractivity contribution in [3.8, 4) is 0 Å². The maximum Gasteiger partial charge on any atom is 0.0403 e. The first-order valence-electron chi connectivity index (χ1n) is 9.52. The first-order chi connectivity index (χ1) is 10.6. The van der Waals surface area contributed by atoms with Crippen molar-refractivity contribution in [1.29, 1.82) is 0 Å². The zero-order chi connectivity index (χ0) is 18.2. The lowest BCUT2D eigenvalue weighted by molar-refractivity contribution is 0.295. The van der Waals surface area contributed by atoms with Gasteiger partial charge in [0.05, 0.1) is 0 Å². The van der Waals surface area contributed by atoms with E-state index in [0.29, 0.717) is 17.8 Å². The summed E-state index contributed by atoms with van der Waals surface area (Å²) in [6, 6.07) is 0. The lowest BCUT2D eigenvalue weighted by Crippen LogP contribution is -2.15. The molecule has 0 amide bonds. The molecule has 0 aliphatic carbocycles. The number of nitrogens with zero attached hydrogens (tertiary/aromatic N) is 1. The van der Waals surface area contributed by atoms with Crippen LogP contribution in [0.25, 0.3) is 0 Å². The van der Waals surface area contributed by atoms with E-state index in [-0.39, 0.29) is 0 Å². The summed E-state index contributed by atoms with van der Waals surface area (Å²) in [5, 5.41) is 0. The van der Waals surface area contributed by atoms with Crippen LogP contribution in [0.1, 0.15) is 81.6 Å². The van der Waals surface area contributed by atoms with Gasteiger partial charge in [-0.2, -0.15) is 0 Å². The molecule has 1 heteroatoms. The van der Waals surface area contributed by atoms with Gasteiger partial charge in [-0.15, -0.1) is 0 Å². The normalized spacial score (nSPS) is 17.5. The van der Waals surface area contributed by atoms with Gasteiger partial charge < -0.3 is 0 Å². The van der Waals surface area contributed by atoms with E-state index in [4.69, 9.17) is 4.99 Å². The van der Waals surface area contributed by atoms with Crippen LogP contribution in [0.4, 0.5) is 0 Å². The zero-order valence-corrected chi connectivity index (χ0v) is 17.2. The largest absolute Gasteiger partial charge is 0.265 e. The first-order valence-corrected chi connectivity index (χ1v) is 9.52. The van der Waals surface area contributed by atoms with Crippen LogP contribution in [0.5, 0.6) is 0 Å². The molecule has 0 aromatic rings. The molecular weight excluding hydrogens is 278 g/mol. The van der Waals surface area contributed by atoms with Crippen molar-refractivity contribution in [2.24, 2.45) is 34.6 Å². The molecule has 0 rings (SSSR count). The smallest absolute Gasteiger partial charge is 0.0403 e. The van der Waals surface area contributed by atoms with E-state index in [0.717, 1.165) is 36.8 Å². The Balaban J connectivity index is 5.23. The Morgan fingerprint density at radius 2 is 1.57 bits per heavy atom. The predicted octanol–water partition coefficient (Wildman–Crippen LogP) is 7.30. The molecule has 134 valence electrons. The monoisotopic (exact) mass is 319 g/mol. The molecule has 3 atom stereocenters. The summed E-state index contributed by atoms with van der Waals surface area (Å²) >= 11 is 0. The molecule has 0 heterocycles. The SMILES string of the molecule is C=C(CC(C)C(C)C(C)C)/C(CC(C)C)=C(C)\N=C/C(C)CC. The van der Waals surface area contributed by atoms with E-state index in [2.05, 4.69) is 75.1 Å². The lowest BCUT2D eigenvalue weighted by atomic mass is 9.80. The summed E-state index contributed by atoms with van der Waals surface area (Å²) in [6.07, 6.45) is 5.40. The maximum absolute atomic E-state index is 4.75. The summed E-state index contributed by atoms with van der Waals surface area (Å²) in [5.41, 5.74) is 3.83. The van der Waals surface area contributed by atoms with Gasteiger partial charge >= 0.3 is 0 Å². The van der Waals surface area contributed by atoms with E-state index < -0.39 is 0 Å². The van der Waals surface area contributed by atoms with Crippen LogP contribution in [0.3, 0.4) is 0 Å². The van der Waals surface area contributed by atoms with Crippen LogP contribution in [-0.2, 0) is 0 Å². The fourth-order valence-electron chi connectivity index (χ4n) is 2.73. The molecule has 0 saturated heterocycles. The Morgan fingerprint density at radius 3 is 2.00 bits per heavy atom. The Labute approximate surface area is 146 Å². The lowest BCUT2D eigenvalue weighted by Gasteiger charge is -2.25. The summed E-state index contributed by atoms with van der Waals surface area (Å²) in [6.45, 7) is 24.9. The van der Waals surface area contributed by atoms with E-state index in [1.165, 1.54) is 11.1 Å². The average molecular weight is 320 g/mol. The molecule has 0 spiro atoms. The van der Waals surface area contributed by atoms with Crippen LogP contribution in [0.2, 0.25) is 0 Å². The second-order valence-corrected chi connectivity index (χ2v) is 8.21. The second-order valence-electron chi connectivity index (χ2n) is 8.21. The Kier molecular flexibility index (Phi) is 10.4. The van der Waals surface area contributed by atoms with Gasteiger partial charge in [-0.1, -0.05) is 62.0 Å². The Morgan fingerprint density at radius 1 is 1.00 bits per heavy atom. The summed E-state index contributed by atoms with van der Waals surface area (Å²) < 4.78 is 0. The molecule has 1 nitrogen and oxygen atoms in total. The molecule has 0 aliphatic rings. The van der Waals surface area contributed by atoms with Gasteiger partial charge in [0.1, 0.15) is 0 Å². The van der Waals surface area contributed by atoms with Gasteiger partial charge in [-0.3, -0.25) is 4.99 Å². The minimum absolute atomic E-state index is 0.540. The van der Waals surface area contributed by atoms with Crippen LogP contribution >= 0.6 is 0 Å². The third kappa shape index (κ3) is 8.53. The molecule has 0 aromatic heterocycles. The highest BCUT2D eigenvalue weighted by Gasteiger charge is 2.19. The minimum atomic E-state index is 0.540. The van der Waals surface area contributed by atoms with E-state index >= 15 is 0 Å². The Hall–Kier alpha value is -0.850. The summed E-state index contributed by atoms with van der Waals surface area (Å²) in [5.74, 6) is 3.28. The highest BCUT2D eigenvalue weighted by molar-refractivity contribution is 5.62. The molecule has 3 unspecified atom stereocenters.